The topological polar surface area (TPSA) is 214 Å². The molecule has 16 heteroatoms. The van der Waals surface area contributed by atoms with Gasteiger partial charge in [0.1, 0.15) is 36.9 Å². The van der Waals surface area contributed by atoms with Gasteiger partial charge in [-0.05, 0) is 86.8 Å². The van der Waals surface area contributed by atoms with Gasteiger partial charge >= 0.3 is 18.1 Å². The number of aliphatic hydroxyl groups excluding tert-OH is 6. The fourth-order valence-electron chi connectivity index (χ4n) is 7.20. The van der Waals surface area contributed by atoms with Gasteiger partial charge < -0.3 is 50.3 Å². The van der Waals surface area contributed by atoms with Crippen molar-refractivity contribution >= 4 is 23.5 Å². The number of carbonyl (C=O) groups is 2. The van der Waals surface area contributed by atoms with E-state index in [0.29, 0.717) is 55.7 Å². The first-order valence-electron chi connectivity index (χ1n) is 20.3. The molecule has 4 rings (SSSR count). The second kappa shape index (κ2) is 26.3. The van der Waals surface area contributed by atoms with Gasteiger partial charge in [-0.25, -0.2) is 0 Å². The fraction of sp³-hybridized carbons (Fsp3) is 0.511. The van der Waals surface area contributed by atoms with Crippen molar-refractivity contribution in [3.05, 3.63) is 108 Å². The number of rotatable bonds is 22. The number of halogens is 4. The Kier molecular flexibility index (Phi) is 22.0. The van der Waals surface area contributed by atoms with E-state index >= 15 is 0 Å². The number of allylic oxidation sites excluding steroid dienone is 4. The lowest BCUT2D eigenvalue weighted by molar-refractivity contribution is -0.138. The summed E-state index contributed by atoms with van der Waals surface area (Å²) < 4.78 is 49.0. The number of aliphatic carboxylic acids is 2. The Labute approximate surface area is 358 Å². The summed E-state index contributed by atoms with van der Waals surface area (Å²) in [5, 5.41) is 79.0. The molecule has 338 valence electrons. The van der Waals surface area contributed by atoms with Gasteiger partial charge in [-0.1, -0.05) is 72.3 Å². The molecule has 0 aliphatic heterocycles. The summed E-state index contributed by atoms with van der Waals surface area (Å²) in [6, 6.07) is 11.3. The van der Waals surface area contributed by atoms with Crippen LogP contribution in [0.15, 0.2) is 97.1 Å². The maximum Gasteiger partial charge on any atom is 0.416 e. The molecule has 61 heavy (non-hydrogen) atoms. The summed E-state index contributed by atoms with van der Waals surface area (Å²) in [5.74, 6) is -2.22. The highest BCUT2D eigenvalue weighted by molar-refractivity contribution is 6.30. The van der Waals surface area contributed by atoms with Gasteiger partial charge in [0.15, 0.2) is 0 Å². The standard InChI is InChI=1S/C23H29F3O6.C22H29ClO6/c24-23(25,26)15-6-5-7-17(12-15)32-14-16(27)10-11-19-18(20(28)13-21(19)29)8-3-1-2-4-9-22(30)31;23-15-6-5-7-17(12-15)29-14-16(24)10-11-19-18(20(25)13-21(19)26)8-3-1-2-4-9-22(27)28/h1,3,5-7,10-12,16,18-21,27-29H,2,4,8-9,13-14H2,(H,30,31);1,3,5-7,10-12,16,18-21,24-26H,2,4,8-9,13-14H2,(H,27,28)/b2*3-1-,11-10+/t2*16-,18-,19-,20+,21-/m11/s1. The first-order chi connectivity index (χ1) is 28.9. The molecule has 0 saturated heterocycles. The third-order valence-corrected chi connectivity index (χ3v) is 10.6. The van der Waals surface area contributed by atoms with Crippen LogP contribution < -0.4 is 9.47 Å². The van der Waals surface area contributed by atoms with Crippen molar-refractivity contribution in [2.24, 2.45) is 23.7 Å². The zero-order valence-corrected chi connectivity index (χ0v) is 34.5. The average molecular weight is 883 g/mol. The molecule has 0 amide bonds. The number of aliphatic hydroxyl groups is 6. The van der Waals surface area contributed by atoms with Gasteiger partial charge in [0, 0.05) is 42.5 Å². The van der Waals surface area contributed by atoms with Crippen LogP contribution in [0.3, 0.4) is 0 Å². The van der Waals surface area contributed by atoms with E-state index in [0.717, 1.165) is 12.1 Å². The van der Waals surface area contributed by atoms with E-state index < -0.39 is 66.2 Å². The number of hydrogen-bond donors (Lipinski definition) is 8. The van der Waals surface area contributed by atoms with E-state index in [2.05, 4.69) is 0 Å². The van der Waals surface area contributed by atoms with Crippen molar-refractivity contribution < 1.29 is 73.1 Å². The molecule has 2 fully saturated rings. The summed E-state index contributed by atoms with van der Waals surface area (Å²) in [5.41, 5.74) is -0.845. The minimum atomic E-state index is -4.49. The van der Waals surface area contributed by atoms with E-state index in [1.165, 1.54) is 18.2 Å². The smallest absolute Gasteiger partial charge is 0.416 e. The molecule has 0 unspecified atom stereocenters. The van der Waals surface area contributed by atoms with Crippen LogP contribution in [0.2, 0.25) is 5.02 Å². The van der Waals surface area contributed by atoms with Gasteiger partial charge in [-0.3, -0.25) is 9.59 Å². The average Bonchev–Trinajstić information content (AvgIpc) is 3.63. The second-order valence-electron chi connectivity index (χ2n) is 15.2. The number of hydrogen-bond acceptors (Lipinski definition) is 10. The molecular formula is C45H58ClF3O12. The molecule has 2 aliphatic carbocycles. The minimum Gasteiger partial charge on any atom is -0.491 e. The normalized spacial score (nSPS) is 25.3. The van der Waals surface area contributed by atoms with E-state index in [4.69, 9.17) is 31.3 Å². The van der Waals surface area contributed by atoms with Crippen molar-refractivity contribution in [2.75, 3.05) is 13.2 Å². The van der Waals surface area contributed by atoms with E-state index in [-0.39, 0.29) is 56.0 Å². The highest BCUT2D eigenvalue weighted by atomic mass is 35.5. The van der Waals surface area contributed by atoms with Gasteiger partial charge in [0.2, 0.25) is 0 Å². The Morgan fingerprint density at radius 2 is 1.13 bits per heavy atom. The summed E-state index contributed by atoms with van der Waals surface area (Å²) >= 11 is 5.90. The Hall–Kier alpha value is -4.22. The van der Waals surface area contributed by atoms with E-state index in [1.54, 1.807) is 42.5 Å². The van der Waals surface area contributed by atoms with Crippen LogP contribution in [0.25, 0.3) is 0 Å². The van der Waals surface area contributed by atoms with Crippen LogP contribution in [0.5, 0.6) is 11.5 Å². The summed E-state index contributed by atoms with van der Waals surface area (Å²) in [6.45, 7) is -0.215. The van der Waals surface area contributed by atoms with Crippen LogP contribution >= 0.6 is 11.6 Å². The third kappa shape index (κ3) is 19.2. The molecule has 0 spiro atoms. The number of ether oxygens (including phenoxy) is 2. The van der Waals surface area contributed by atoms with E-state index in [1.807, 2.05) is 24.3 Å². The van der Waals surface area contributed by atoms with Crippen LogP contribution in [-0.2, 0) is 15.8 Å². The number of alkyl halides is 3. The molecule has 8 N–H and O–H groups in total. The van der Waals surface area contributed by atoms with Gasteiger partial charge in [-0.15, -0.1) is 0 Å². The Morgan fingerprint density at radius 3 is 1.56 bits per heavy atom. The quantitative estimate of drug-likeness (QED) is 0.0455. The second-order valence-corrected chi connectivity index (χ2v) is 15.7. The van der Waals surface area contributed by atoms with Gasteiger partial charge in [-0.2, -0.15) is 13.2 Å². The monoisotopic (exact) mass is 882 g/mol. The molecule has 2 saturated carbocycles. The summed E-state index contributed by atoms with van der Waals surface area (Å²) in [4.78, 5) is 21.0. The molecule has 2 aliphatic rings. The molecular weight excluding hydrogens is 825 g/mol. The van der Waals surface area contributed by atoms with Crippen molar-refractivity contribution in [1.29, 1.82) is 0 Å². The number of benzene rings is 2. The molecule has 0 bridgehead atoms. The Bertz CT molecular complexity index is 1750. The molecule has 0 heterocycles. The van der Waals surface area contributed by atoms with Crippen LogP contribution in [0.4, 0.5) is 13.2 Å². The third-order valence-electron chi connectivity index (χ3n) is 10.4. The Morgan fingerprint density at radius 1 is 0.689 bits per heavy atom. The number of carboxylic acid groups (broad SMARTS) is 2. The van der Waals surface area contributed by atoms with Crippen molar-refractivity contribution in [3.8, 4) is 11.5 Å². The maximum atomic E-state index is 12.8. The van der Waals surface area contributed by atoms with Crippen LogP contribution in [0.1, 0.15) is 69.8 Å². The highest BCUT2D eigenvalue weighted by Crippen LogP contribution is 2.38. The molecule has 0 aromatic heterocycles. The summed E-state index contributed by atoms with van der Waals surface area (Å²) in [7, 11) is 0. The molecule has 2 aromatic rings. The lowest BCUT2D eigenvalue weighted by Gasteiger charge is -2.19. The minimum absolute atomic E-state index is 0.0190. The number of unbranched alkanes of at least 4 members (excludes halogenated alkanes) is 2. The molecule has 0 radical (unpaired) electrons. The van der Waals surface area contributed by atoms with Crippen LogP contribution in [0, 0.1) is 23.7 Å². The largest absolute Gasteiger partial charge is 0.491 e. The summed E-state index contributed by atoms with van der Waals surface area (Å²) in [6.07, 6.45) is 8.74. The van der Waals surface area contributed by atoms with Crippen molar-refractivity contribution in [3.63, 3.8) is 0 Å². The Balaban J connectivity index is 0.000000327. The lowest BCUT2D eigenvalue weighted by atomic mass is 9.89. The number of carboxylic acids is 2. The molecule has 2 aromatic carbocycles. The van der Waals surface area contributed by atoms with Crippen LogP contribution in [-0.4, -0.2) is 103 Å². The predicted molar refractivity (Wildman–Crippen MR) is 222 cm³/mol. The highest BCUT2D eigenvalue weighted by Gasteiger charge is 2.40. The zero-order chi connectivity index (χ0) is 45.0. The predicted octanol–water partition coefficient (Wildman–Crippen LogP) is 6.76. The lowest BCUT2D eigenvalue weighted by Crippen LogP contribution is -2.21. The maximum absolute atomic E-state index is 12.8. The first kappa shape index (κ1) is 51.1. The fourth-order valence-corrected chi connectivity index (χ4v) is 7.38. The first-order valence-corrected chi connectivity index (χ1v) is 20.7. The SMILES string of the molecule is O=C(O)CCC/C=C\C[C@@H]1[C@@H](/C=C/[C@@H](O)COc2cccc(C(F)(F)F)c2)[C@H](O)C[C@@H]1O.O=C(O)CCC/C=C\C[C@@H]1[C@@H](/C=C/[C@@H](O)COc2cccc(Cl)c2)[C@H](O)C[C@@H]1O. The van der Waals surface area contributed by atoms with Crippen molar-refractivity contribution in [2.45, 2.75) is 107 Å². The molecule has 12 nitrogen and oxygen atoms in total. The molecule has 10 atom stereocenters. The zero-order valence-electron chi connectivity index (χ0n) is 33.7. The van der Waals surface area contributed by atoms with Crippen molar-refractivity contribution in [1.82, 2.24) is 0 Å². The van der Waals surface area contributed by atoms with Gasteiger partial charge in [0.25, 0.3) is 0 Å². The van der Waals surface area contributed by atoms with E-state index in [9.17, 15) is 53.4 Å². The van der Waals surface area contributed by atoms with Gasteiger partial charge in [0.05, 0.1) is 30.0 Å².